The van der Waals surface area contributed by atoms with Crippen molar-refractivity contribution in [2.75, 3.05) is 0 Å². The molecule has 8 N–H and O–H groups in total. The van der Waals surface area contributed by atoms with Crippen LogP contribution in [0.4, 0.5) is 4.79 Å². The van der Waals surface area contributed by atoms with Crippen molar-refractivity contribution in [1.29, 1.82) is 0 Å². The molecule has 0 saturated carbocycles. The first kappa shape index (κ1) is 24.2. The van der Waals surface area contributed by atoms with E-state index in [0.717, 1.165) is 6.92 Å². The van der Waals surface area contributed by atoms with E-state index in [1.54, 1.807) is 0 Å². The number of rotatable bonds is 9. The van der Waals surface area contributed by atoms with Crippen molar-refractivity contribution in [1.82, 2.24) is 20.8 Å². The van der Waals surface area contributed by atoms with Crippen LogP contribution in [0, 0.1) is 0 Å². The summed E-state index contributed by atoms with van der Waals surface area (Å²) in [6.07, 6.45) is -1.22. The van der Waals surface area contributed by atoms with Gasteiger partial charge >= 0.3 is 23.9 Å². The predicted octanol–water partition coefficient (Wildman–Crippen LogP) is -1.64. The lowest BCUT2D eigenvalue weighted by Crippen LogP contribution is -2.46. The molecule has 0 aliphatic rings. The number of nitrogens with two attached hydrogens (primary N) is 1. The van der Waals surface area contributed by atoms with Crippen molar-refractivity contribution >= 4 is 29.9 Å². The maximum atomic E-state index is 11.5. The van der Waals surface area contributed by atoms with E-state index in [1.165, 1.54) is 0 Å². The minimum Gasteiger partial charge on any atom is -0.481 e. The fraction of sp³-hybridized carbons (Fsp3) is 0.462. The third kappa shape index (κ3) is 11.0. The summed E-state index contributed by atoms with van der Waals surface area (Å²) < 4.78 is 5.05. The monoisotopic (exact) mass is 405 g/mol. The summed E-state index contributed by atoms with van der Waals surface area (Å²) in [7, 11) is 0. The molecule has 1 rings (SSSR count). The molecule has 0 aromatic carbocycles. The Hall–Kier alpha value is -3.75. The van der Waals surface area contributed by atoms with Gasteiger partial charge in [0, 0.05) is 6.92 Å². The zero-order chi connectivity index (χ0) is 21.9. The third-order valence-electron chi connectivity index (χ3n) is 2.58. The van der Waals surface area contributed by atoms with Gasteiger partial charge in [0.05, 0.1) is 25.4 Å². The predicted molar refractivity (Wildman–Crippen MR) is 85.8 cm³/mol. The summed E-state index contributed by atoms with van der Waals surface area (Å²) in [6.45, 7) is 0.790. The molecule has 0 aliphatic carbocycles. The Bertz CT molecular complexity index is 714. The summed E-state index contributed by atoms with van der Waals surface area (Å²) >= 11 is 0. The highest BCUT2D eigenvalue weighted by atomic mass is 16.4. The van der Waals surface area contributed by atoms with Gasteiger partial charge in [0.2, 0.25) is 11.8 Å². The van der Waals surface area contributed by atoms with Crippen LogP contribution in [0.25, 0.3) is 0 Å². The molecular weight excluding hydrogens is 386 g/mol. The lowest BCUT2D eigenvalue weighted by Gasteiger charge is -2.12. The molecule has 15 nitrogen and oxygen atoms in total. The van der Waals surface area contributed by atoms with E-state index >= 15 is 0 Å². The summed E-state index contributed by atoms with van der Waals surface area (Å²) in [5.41, 5.74) is 5.51. The number of aromatic nitrogens is 2. The highest BCUT2D eigenvalue weighted by Crippen LogP contribution is 2.12. The van der Waals surface area contributed by atoms with Crippen molar-refractivity contribution in [3.8, 4) is 0 Å². The van der Waals surface area contributed by atoms with Crippen LogP contribution >= 0.6 is 0 Å². The SMILES string of the molecule is CC(=O)O.N[C@@H](CC(=O)O)c1nnc(CNC(=O)NC(CC(=O)O)C(=O)O)o1. The molecular formula is C13H19N5O10. The Morgan fingerprint density at radius 3 is 2.04 bits per heavy atom. The molecule has 2 atom stereocenters. The number of hydrogen-bond donors (Lipinski definition) is 7. The van der Waals surface area contributed by atoms with E-state index in [9.17, 15) is 19.2 Å². The van der Waals surface area contributed by atoms with E-state index < -0.39 is 54.8 Å². The summed E-state index contributed by atoms with van der Waals surface area (Å²) in [5, 5.41) is 44.5. The van der Waals surface area contributed by atoms with Gasteiger partial charge in [-0.05, 0) is 0 Å². The number of carbonyl (C=O) groups excluding carboxylic acids is 1. The average molecular weight is 405 g/mol. The second kappa shape index (κ2) is 11.8. The number of urea groups is 1. The zero-order valence-corrected chi connectivity index (χ0v) is 14.5. The first-order valence-corrected chi connectivity index (χ1v) is 7.40. The molecule has 0 saturated heterocycles. The van der Waals surface area contributed by atoms with Crippen molar-refractivity contribution in [2.45, 2.75) is 38.4 Å². The van der Waals surface area contributed by atoms with Crippen molar-refractivity contribution in [3.63, 3.8) is 0 Å². The van der Waals surface area contributed by atoms with Crippen LogP contribution in [0.5, 0.6) is 0 Å². The van der Waals surface area contributed by atoms with E-state index in [2.05, 4.69) is 15.5 Å². The molecule has 0 aliphatic heterocycles. The average Bonchev–Trinajstić information content (AvgIpc) is 2.99. The van der Waals surface area contributed by atoms with E-state index in [0.29, 0.717) is 0 Å². The number of carbonyl (C=O) groups is 5. The van der Waals surface area contributed by atoms with Gasteiger partial charge in [-0.1, -0.05) is 0 Å². The molecule has 0 fully saturated rings. The van der Waals surface area contributed by atoms with Gasteiger partial charge in [-0.3, -0.25) is 14.4 Å². The fourth-order valence-electron chi connectivity index (χ4n) is 1.50. The number of hydrogen-bond acceptors (Lipinski definition) is 9. The normalized spacial score (nSPS) is 11.9. The number of carboxylic acids is 4. The number of amides is 2. The third-order valence-corrected chi connectivity index (χ3v) is 2.58. The molecule has 2 amide bonds. The van der Waals surface area contributed by atoms with Crippen LogP contribution in [0.15, 0.2) is 4.42 Å². The largest absolute Gasteiger partial charge is 0.481 e. The molecule has 1 aromatic heterocycles. The maximum absolute atomic E-state index is 11.5. The number of nitrogens with one attached hydrogen (secondary N) is 2. The molecule has 0 radical (unpaired) electrons. The lowest BCUT2D eigenvalue weighted by molar-refractivity contribution is -0.145. The Labute approximate surface area is 156 Å². The second-order valence-electron chi connectivity index (χ2n) is 5.07. The van der Waals surface area contributed by atoms with Gasteiger partial charge in [0.1, 0.15) is 6.04 Å². The Morgan fingerprint density at radius 1 is 1.04 bits per heavy atom. The molecule has 1 aromatic rings. The fourth-order valence-corrected chi connectivity index (χ4v) is 1.50. The minimum absolute atomic E-state index is 0.0916. The minimum atomic E-state index is -1.61. The van der Waals surface area contributed by atoms with Crippen LogP contribution in [-0.4, -0.2) is 66.6 Å². The molecule has 0 spiro atoms. The van der Waals surface area contributed by atoms with E-state index in [-0.39, 0.29) is 18.3 Å². The molecule has 0 bridgehead atoms. The number of aliphatic carboxylic acids is 4. The van der Waals surface area contributed by atoms with Crippen LogP contribution in [0.1, 0.15) is 37.6 Å². The molecule has 28 heavy (non-hydrogen) atoms. The van der Waals surface area contributed by atoms with E-state index in [4.69, 9.17) is 35.4 Å². The summed E-state index contributed by atoms with van der Waals surface area (Å²) in [5.74, 6) is -5.11. The van der Waals surface area contributed by atoms with Crippen LogP contribution in [0.3, 0.4) is 0 Å². The van der Waals surface area contributed by atoms with Crippen molar-refractivity contribution in [2.24, 2.45) is 5.73 Å². The zero-order valence-electron chi connectivity index (χ0n) is 14.5. The van der Waals surface area contributed by atoms with Gasteiger partial charge < -0.3 is 41.2 Å². The second-order valence-corrected chi connectivity index (χ2v) is 5.07. The van der Waals surface area contributed by atoms with Gasteiger partial charge in [0.15, 0.2) is 0 Å². The highest BCUT2D eigenvalue weighted by Gasteiger charge is 2.23. The topological polar surface area (TPSA) is 255 Å². The van der Waals surface area contributed by atoms with Crippen LogP contribution < -0.4 is 16.4 Å². The highest BCUT2D eigenvalue weighted by molar-refractivity contribution is 5.86. The van der Waals surface area contributed by atoms with Gasteiger partial charge in [-0.25, -0.2) is 9.59 Å². The van der Waals surface area contributed by atoms with Gasteiger partial charge in [0.25, 0.3) is 5.97 Å². The standard InChI is InChI=1S/C11H15N5O8.C2H4O2/c12-4(1-7(17)18)9-16-15-6(24-9)3-13-11(23)14-5(10(21)22)2-8(19)20;1-2(3)4/h4-5H,1-3,12H2,(H,17,18)(H,19,20)(H,21,22)(H2,13,14,23);1H3,(H,3,4)/t4-,5?;/m0./s1. The smallest absolute Gasteiger partial charge is 0.326 e. The Balaban J connectivity index is 0.00000165. The molecule has 1 heterocycles. The lowest BCUT2D eigenvalue weighted by atomic mass is 10.2. The van der Waals surface area contributed by atoms with Crippen molar-refractivity contribution < 1.29 is 48.8 Å². The van der Waals surface area contributed by atoms with Crippen molar-refractivity contribution in [3.05, 3.63) is 11.8 Å². The van der Waals surface area contributed by atoms with Gasteiger partial charge in [-0.15, -0.1) is 10.2 Å². The number of carboxylic acid groups (broad SMARTS) is 4. The summed E-state index contributed by atoms with van der Waals surface area (Å²) in [6, 6.07) is -3.58. The summed E-state index contributed by atoms with van der Waals surface area (Å²) in [4.78, 5) is 52.3. The Kier molecular flexibility index (Phi) is 10.2. The Morgan fingerprint density at radius 2 is 1.57 bits per heavy atom. The van der Waals surface area contributed by atoms with Gasteiger partial charge in [-0.2, -0.15) is 0 Å². The van der Waals surface area contributed by atoms with E-state index in [1.807, 2.05) is 5.32 Å². The first-order valence-electron chi connectivity index (χ1n) is 7.40. The maximum Gasteiger partial charge on any atom is 0.326 e. The van der Waals surface area contributed by atoms with Crippen LogP contribution in [0.2, 0.25) is 0 Å². The first-order chi connectivity index (χ1) is 12.9. The number of nitrogens with zero attached hydrogens (tertiary/aromatic N) is 2. The quantitative estimate of drug-likeness (QED) is 0.243. The molecule has 1 unspecified atom stereocenters. The molecule has 156 valence electrons. The molecule has 15 heteroatoms. The van der Waals surface area contributed by atoms with Crippen LogP contribution in [-0.2, 0) is 25.7 Å².